The van der Waals surface area contributed by atoms with Crippen LogP contribution in [-0.2, 0) is 16.0 Å². The maximum absolute atomic E-state index is 13.0. The highest BCUT2D eigenvalue weighted by Gasteiger charge is 2.55. The van der Waals surface area contributed by atoms with Gasteiger partial charge in [-0.2, -0.15) is 0 Å². The van der Waals surface area contributed by atoms with E-state index in [1.54, 1.807) is 0 Å². The molecular weight excluding hydrogens is 416 g/mol. The molecule has 0 bridgehead atoms. The van der Waals surface area contributed by atoms with Crippen LogP contribution in [0.4, 0.5) is 9.93 Å². The van der Waals surface area contributed by atoms with Gasteiger partial charge in [0.1, 0.15) is 0 Å². The Morgan fingerprint density at radius 3 is 2.16 bits per heavy atom. The molecule has 9 heteroatoms. The van der Waals surface area contributed by atoms with Crippen LogP contribution in [0, 0.1) is 5.92 Å². The molecule has 3 amide bonds. The summed E-state index contributed by atoms with van der Waals surface area (Å²) in [5.41, 5.74) is 7.25. The highest BCUT2D eigenvalue weighted by molar-refractivity contribution is 7.15. The lowest BCUT2D eigenvalue weighted by Gasteiger charge is -2.43. The summed E-state index contributed by atoms with van der Waals surface area (Å²) in [5.74, 6) is -2.60. The number of benzene rings is 2. The van der Waals surface area contributed by atoms with Crippen LogP contribution in [0.25, 0.3) is 0 Å². The second-order valence-corrected chi connectivity index (χ2v) is 8.32. The number of anilines is 1. The number of imide groups is 1. The maximum Gasteiger partial charge on any atom is 0.327 e. The molecule has 1 aromatic heterocycles. The van der Waals surface area contributed by atoms with Crippen LogP contribution in [0.1, 0.15) is 22.0 Å². The Labute approximate surface area is 182 Å². The molecule has 158 valence electrons. The molecule has 1 fully saturated rings. The van der Waals surface area contributed by atoms with Gasteiger partial charge in [-0.15, -0.1) is 11.3 Å². The number of nitrogen functional groups attached to an aromatic ring is 1. The van der Waals surface area contributed by atoms with Gasteiger partial charge < -0.3 is 16.2 Å². The molecule has 0 radical (unpaired) electrons. The first-order valence-corrected chi connectivity index (χ1v) is 10.4. The number of nitrogens with zero attached hydrogens (tertiary/aromatic N) is 2. The fourth-order valence-corrected chi connectivity index (χ4v) is 4.48. The van der Waals surface area contributed by atoms with Crippen molar-refractivity contribution in [1.29, 1.82) is 0 Å². The van der Waals surface area contributed by atoms with Crippen molar-refractivity contribution < 1.29 is 19.5 Å². The molecule has 1 saturated heterocycles. The number of aromatic nitrogens is 1. The highest BCUT2D eigenvalue weighted by Crippen LogP contribution is 2.33. The largest absolute Gasteiger partial charge is 0.480 e. The molecule has 31 heavy (non-hydrogen) atoms. The number of hydrogen-bond donors (Lipinski definition) is 3. The summed E-state index contributed by atoms with van der Waals surface area (Å²) in [7, 11) is 0. The zero-order valence-corrected chi connectivity index (χ0v) is 17.2. The third kappa shape index (κ3) is 4.13. The Kier molecular flexibility index (Phi) is 5.68. The first kappa shape index (κ1) is 20.5. The topological polar surface area (TPSA) is 126 Å². The number of urea groups is 1. The lowest BCUT2D eigenvalue weighted by Crippen LogP contribution is -2.68. The number of nitrogens with one attached hydrogen (secondary N) is 1. The molecular formula is C22H20N4O4S. The smallest absolute Gasteiger partial charge is 0.327 e. The summed E-state index contributed by atoms with van der Waals surface area (Å²) in [4.78, 5) is 43.0. The molecule has 2 heterocycles. The molecule has 2 unspecified atom stereocenters. The van der Waals surface area contributed by atoms with Gasteiger partial charge in [-0.25, -0.2) is 19.5 Å². The van der Waals surface area contributed by atoms with Crippen molar-refractivity contribution in [2.24, 2.45) is 5.92 Å². The summed E-state index contributed by atoms with van der Waals surface area (Å²) in [6, 6.07) is 16.1. The predicted molar refractivity (Wildman–Crippen MR) is 115 cm³/mol. The Morgan fingerprint density at radius 2 is 1.68 bits per heavy atom. The van der Waals surface area contributed by atoms with E-state index in [-0.39, 0.29) is 6.42 Å². The van der Waals surface area contributed by atoms with Gasteiger partial charge in [0.2, 0.25) is 5.91 Å². The second-order valence-electron chi connectivity index (χ2n) is 7.17. The average Bonchev–Trinajstić information content (AvgIpc) is 3.19. The third-order valence-corrected chi connectivity index (χ3v) is 6.06. The maximum atomic E-state index is 13.0. The standard InChI is InChI=1S/C22H20N4O4S/c23-21-24-12-15(31-21)11-16-18(20(28)29)26(19(16)27)22(30)25-17(13-7-3-1-4-8-13)14-9-5-2-6-10-14/h1-10,12,16-18H,11H2,(H2,23,24)(H,25,30)(H,28,29). The van der Waals surface area contributed by atoms with E-state index in [1.165, 1.54) is 17.5 Å². The summed E-state index contributed by atoms with van der Waals surface area (Å²) < 4.78 is 0. The van der Waals surface area contributed by atoms with Crippen molar-refractivity contribution in [3.63, 3.8) is 0 Å². The van der Waals surface area contributed by atoms with Crippen molar-refractivity contribution in [3.05, 3.63) is 82.9 Å². The number of likely N-dealkylation sites (tertiary alicyclic amines) is 1. The van der Waals surface area contributed by atoms with E-state index in [9.17, 15) is 19.5 Å². The molecule has 0 saturated carbocycles. The Morgan fingerprint density at radius 1 is 1.10 bits per heavy atom. The van der Waals surface area contributed by atoms with Crippen molar-refractivity contribution in [1.82, 2.24) is 15.2 Å². The molecule has 0 aliphatic carbocycles. The quantitative estimate of drug-likeness (QED) is 0.510. The summed E-state index contributed by atoms with van der Waals surface area (Å²) in [6.07, 6.45) is 1.70. The van der Waals surface area contributed by atoms with Crippen molar-refractivity contribution in [2.45, 2.75) is 18.5 Å². The number of carboxylic acids is 1. The summed E-state index contributed by atoms with van der Waals surface area (Å²) in [6.45, 7) is 0. The van der Waals surface area contributed by atoms with Gasteiger partial charge in [0.05, 0.1) is 12.0 Å². The summed E-state index contributed by atoms with van der Waals surface area (Å²) >= 11 is 1.20. The van der Waals surface area contributed by atoms with E-state index in [2.05, 4.69) is 10.3 Å². The minimum Gasteiger partial charge on any atom is -0.480 e. The van der Waals surface area contributed by atoms with E-state index >= 15 is 0 Å². The van der Waals surface area contributed by atoms with Gasteiger partial charge in [-0.1, -0.05) is 60.7 Å². The number of carbonyl (C=O) groups is 3. The minimum atomic E-state index is -1.25. The Hall–Kier alpha value is -3.72. The molecule has 1 aliphatic rings. The van der Waals surface area contributed by atoms with Crippen LogP contribution in [0.2, 0.25) is 0 Å². The van der Waals surface area contributed by atoms with Gasteiger partial charge in [0.25, 0.3) is 0 Å². The molecule has 0 spiro atoms. The molecule has 2 atom stereocenters. The van der Waals surface area contributed by atoms with Crippen LogP contribution in [0.15, 0.2) is 66.9 Å². The van der Waals surface area contributed by atoms with Crippen LogP contribution < -0.4 is 11.1 Å². The first-order valence-electron chi connectivity index (χ1n) is 9.62. The van der Waals surface area contributed by atoms with Gasteiger partial charge in [0, 0.05) is 11.1 Å². The minimum absolute atomic E-state index is 0.176. The van der Waals surface area contributed by atoms with E-state index < -0.39 is 35.9 Å². The van der Waals surface area contributed by atoms with Crippen LogP contribution in [-0.4, -0.2) is 38.9 Å². The first-order chi connectivity index (χ1) is 15.0. The van der Waals surface area contributed by atoms with Crippen molar-refractivity contribution in [2.75, 3.05) is 5.73 Å². The highest BCUT2D eigenvalue weighted by atomic mass is 32.1. The van der Waals surface area contributed by atoms with E-state index in [4.69, 9.17) is 5.73 Å². The third-order valence-electron chi connectivity index (χ3n) is 5.21. The zero-order valence-electron chi connectivity index (χ0n) is 16.3. The van der Waals surface area contributed by atoms with Gasteiger partial charge in [-0.05, 0) is 17.5 Å². The fourth-order valence-electron chi connectivity index (χ4n) is 3.73. The number of β-lactam (4-membered cyclic amide) rings is 1. The zero-order chi connectivity index (χ0) is 22.0. The number of rotatable bonds is 6. The van der Waals surface area contributed by atoms with Crippen LogP contribution in [0.3, 0.4) is 0 Å². The predicted octanol–water partition coefficient (Wildman–Crippen LogP) is 2.68. The lowest BCUT2D eigenvalue weighted by atomic mass is 9.84. The number of carbonyl (C=O) groups excluding carboxylic acids is 2. The summed E-state index contributed by atoms with van der Waals surface area (Å²) in [5, 5.41) is 12.9. The number of amides is 3. The molecule has 4 N–H and O–H groups in total. The van der Waals surface area contributed by atoms with Crippen LogP contribution >= 0.6 is 11.3 Å². The Balaban J connectivity index is 1.55. The number of hydrogen-bond acceptors (Lipinski definition) is 6. The number of carboxylic acid groups (broad SMARTS) is 1. The van der Waals surface area contributed by atoms with Crippen molar-refractivity contribution >= 4 is 34.4 Å². The molecule has 4 rings (SSSR count). The monoisotopic (exact) mass is 436 g/mol. The fraction of sp³-hybridized carbons (Fsp3) is 0.182. The Bertz CT molecular complexity index is 1060. The van der Waals surface area contributed by atoms with E-state index in [0.29, 0.717) is 10.0 Å². The second kappa shape index (κ2) is 8.57. The number of aliphatic carboxylic acids is 1. The van der Waals surface area contributed by atoms with Gasteiger partial charge >= 0.3 is 12.0 Å². The average molecular weight is 436 g/mol. The van der Waals surface area contributed by atoms with E-state index in [1.807, 2.05) is 60.7 Å². The molecule has 1 aliphatic heterocycles. The lowest BCUT2D eigenvalue weighted by molar-refractivity contribution is -0.165. The molecule has 3 aromatic rings. The van der Waals surface area contributed by atoms with Gasteiger partial charge in [-0.3, -0.25) is 4.79 Å². The van der Waals surface area contributed by atoms with Crippen molar-refractivity contribution in [3.8, 4) is 0 Å². The van der Waals surface area contributed by atoms with E-state index in [0.717, 1.165) is 16.0 Å². The molecule has 8 nitrogen and oxygen atoms in total. The SMILES string of the molecule is Nc1ncc(CC2C(=O)N(C(=O)NC(c3ccccc3)c3ccccc3)C2C(=O)O)s1. The van der Waals surface area contributed by atoms with Crippen LogP contribution in [0.5, 0.6) is 0 Å². The molecule has 2 aromatic carbocycles. The van der Waals surface area contributed by atoms with Gasteiger partial charge in [0.15, 0.2) is 11.2 Å². The number of thiazole rings is 1. The normalized spacial score (nSPS) is 18.0. The number of nitrogens with two attached hydrogens (primary N) is 1.